The molecule has 0 aromatic carbocycles. The second-order valence-corrected chi connectivity index (χ2v) is 6.13. The molecule has 0 saturated heterocycles. The summed E-state index contributed by atoms with van der Waals surface area (Å²) in [6, 6.07) is 6.02. The summed E-state index contributed by atoms with van der Waals surface area (Å²) in [6.07, 6.45) is -0.189. The van der Waals surface area contributed by atoms with Gasteiger partial charge in [0, 0.05) is 48.5 Å². The van der Waals surface area contributed by atoms with Gasteiger partial charge in [0.2, 0.25) is 0 Å². The topological polar surface area (TPSA) is 75.6 Å². The van der Waals surface area contributed by atoms with Gasteiger partial charge in [-0.3, -0.25) is 4.98 Å². The van der Waals surface area contributed by atoms with Crippen molar-refractivity contribution in [3.8, 4) is 11.4 Å². The zero-order valence-electron chi connectivity index (χ0n) is 15.4. The summed E-state index contributed by atoms with van der Waals surface area (Å²) < 4.78 is 37.7. The van der Waals surface area contributed by atoms with Crippen molar-refractivity contribution in [3.63, 3.8) is 0 Å². The first-order valence-corrected chi connectivity index (χ1v) is 8.61. The number of hydrogen-bond acceptors (Lipinski definition) is 6. The fraction of sp³-hybridized carbons (Fsp3) is 0.263. The molecule has 3 aromatic heterocycles. The van der Waals surface area contributed by atoms with Gasteiger partial charge in [0.15, 0.2) is 5.82 Å². The van der Waals surface area contributed by atoms with E-state index in [4.69, 9.17) is 0 Å². The van der Waals surface area contributed by atoms with Gasteiger partial charge in [-0.1, -0.05) is 0 Å². The standard InChI is InChI=1S/C19H19F3N6/c1-12-13(2)27-18(14-4-3-7-23-10-14)28-17(12)25-9-8-24-16-6-5-15(11-26-16)19(20,21)22/h3-7,10-11H,8-9H2,1-2H3,(H,24,26)(H,25,27,28). The zero-order chi connectivity index (χ0) is 20.1. The van der Waals surface area contributed by atoms with Crippen LogP contribution < -0.4 is 10.6 Å². The summed E-state index contributed by atoms with van der Waals surface area (Å²) >= 11 is 0. The molecule has 0 aliphatic rings. The zero-order valence-corrected chi connectivity index (χ0v) is 15.4. The second kappa shape index (κ2) is 8.20. The first kappa shape index (κ1) is 19.5. The predicted octanol–water partition coefficient (Wildman–Crippen LogP) is 4.09. The average Bonchev–Trinajstić information content (AvgIpc) is 2.68. The maximum atomic E-state index is 12.6. The van der Waals surface area contributed by atoms with Crippen molar-refractivity contribution in [1.29, 1.82) is 0 Å². The van der Waals surface area contributed by atoms with E-state index in [1.54, 1.807) is 12.4 Å². The van der Waals surface area contributed by atoms with Crippen molar-refractivity contribution in [2.24, 2.45) is 0 Å². The smallest absolute Gasteiger partial charge is 0.368 e. The Balaban J connectivity index is 1.61. The average molecular weight is 388 g/mol. The fourth-order valence-corrected chi connectivity index (χ4v) is 2.46. The summed E-state index contributed by atoms with van der Waals surface area (Å²) in [4.78, 5) is 16.9. The third kappa shape index (κ3) is 4.73. The number of rotatable bonds is 6. The van der Waals surface area contributed by atoms with Gasteiger partial charge >= 0.3 is 6.18 Å². The van der Waals surface area contributed by atoms with Crippen LogP contribution in [0.25, 0.3) is 11.4 Å². The minimum atomic E-state index is -4.39. The lowest BCUT2D eigenvalue weighted by molar-refractivity contribution is -0.137. The highest BCUT2D eigenvalue weighted by molar-refractivity contribution is 5.58. The molecule has 3 aromatic rings. The number of anilines is 2. The summed E-state index contributed by atoms with van der Waals surface area (Å²) in [7, 11) is 0. The highest BCUT2D eigenvalue weighted by Crippen LogP contribution is 2.28. The van der Waals surface area contributed by atoms with Crippen LogP contribution in [0.1, 0.15) is 16.8 Å². The van der Waals surface area contributed by atoms with Crippen LogP contribution in [0.4, 0.5) is 24.8 Å². The van der Waals surface area contributed by atoms with Crippen molar-refractivity contribution in [3.05, 3.63) is 59.7 Å². The predicted molar refractivity (Wildman–Crippen MR) is 101 cm³/mol. The number of aromatic nitrogens is 4. The summed E-state index contributed by atoms with van der Waals surface area (Å²) in [5, 5.41) is 6.21. The SMILES string of the molecule is Cc1nc(-c2cccnc2)nc(NCCNc2ccc(C(F)(F)F)cn2)c1C. The van der Waals surface area contributed by atoms with Gasteiger partial charge in [0.25, 0.3) is 0 Å². The number of pyridine rings is 2. The molecule has 3 heterocycles. The maximum absolute atomic E-state index is 12.6. The van der Waals surface area contributed by atoms with Crippen molar-refractivity contribution < 1.29 is 13.2 Å². The molecule has 9 heteroatoms. The lowest BCUT2D eigenvalue weighted by Crippen LogP contribution is -2.16. The summed E-state index contributed by atoms with van der Waals surface area (Å²) in [5.41, 5.74) is 1.83. The monoisotopic (exact) mass is 388 g/mol. The number of nitrogens with zero attached hydrogens (tertiary/aromatic N) is 4. The molecule has 0 saturated carbocycles. The summed E-state index contributed by atoms with van der Waals surface area (Å²) in [6.45, 7) is 4.80. The molecule has 2 N–H and O–H groups in total. The van der Waals surface area contributed by atoms with Crippen LogP contribution >= 0.6 is 0 Å². The third-order valence-corrected chi connectivity index (χ3v) is 4.12. The highest BCUT2D eigenvalue weighted by Gasteiger charge is 2.30. The first-order valence-electron chi connectivity index (χ1n) is 8.61. The quantitative estimate of drug-likeness (QED) is 0.620. The van der Waals surface area contributed by atoms with E-state index in [2.05, 4.69) is 30.6 Å². The van der Waals surface area contributed by atoms with Crippen molar-refractivity contribution in [2.75, 3.05) is 23.7 Å². The third-order valence-electron chi connectivity index (χ3n) is 4.12. The van der Waals surface area contributed by atoms with Crippen LogP contribution in [0.3, 0.4) is 0 Å². The Labute approximate surface area is 160 Å². The fourth-order valence-electron chi connectivity index (χ4n) is 2.46. The maximum Gasteiger partial charge on any atom is 0.417 e. The van der Waals surface area contributed by atoms with E-state index in [1.807, 2.05) is 26.0 Å². The molecule has 0 bridgehead atoms. The second-order valence-electron chi connectivity index (χ2n) is 6.13. The van der Waals surface area contributed by atoms with Crippen LogP contribution in [0.15, 0.2) is 42.9 Å². The molecule has 0 aliphatic carbocycles. The van der Waals surface area contributed by atoms with Gasteiger partial charge in [0.05, 0.1) is 5.56 Å². The normalized spacial score (nSPS) is 11.3. The number of aryl methyl sites for hydroxylation is 1. The molecular weight excluding hydrogens is 369 g/mol. The van der Waals surface area contributed by atoms with E-state index in [-0.39, 0.29) is 0 Å². The Morgan fingerprint density at radius 2 is 1.75 bits per heavy atom. The van der Waals surface area contributed by atoms with Crippen LogP contribution in [0.2, 0.25) is 0 Å². The van der Waals surface area contributed by atoms with Crippen LogP contribution in [0.5, 0.6) is 0 Å². The molecule has 0 fully saturated rings. The molecule has 0 atom stereocenters. The van der Waals surface area contributed by atoms with Crippen LogP contribution in [-0.4, -0.2) is 33.0 Å². The number of halogens is 3. The molecule has 0 aliphatic heterocycles. The summed E-state index contributed by atoms with van der Waals surface area (Å²) in [5.74, 6) is 1.66. The van der Waals surface area contributed by atoms with Crippen molar-refractivity contribution in [2.45, 2.75) is 20.0 Å². The van der Waals surface area contributed by atoms with E-state index in [1.165, 1.54) is 6.07 Å². The Bertz CT molecular complexity index is 927. The molecule has 146 valence electrons. The Morgan fingerprint density at radius 3 is 2.39 bits per heavy atom. The number of alkyl halides is 3. The van der Waals surface area contributed by atoms with Gasteiger partial charge < -0.3 is 10.6 Å². The van der Waals surface area contributed by atoms with Gasteiger partial charge in [-0.05, 0) is 38.1 Å². The molecule has 0 spiro atoms. The van der Waals surface area contributed by atoms with E-state index in [0.717, 1.165) is 29.1 Å². The van der Waals surface area contributed by atoms with Crippen molar-refractivity contribution in [1.82, 2.24) is 19.9 Å². The largest absolute Gasteiger partial charge is 0.417 e. The minimum Gasteiger partial charge on any atom is -0.368 e. The van der Waals surface area contributed by atoms with E-state index >= 15 is 0 Å². The lowest BCUT2D eigenvalue weighted by Gasteiger charge is -2.13. The number of nitrogens with one attached hydrogen (secondary N) is 2. The Hall–Kier alpha value is -3.23. The van der Waals surface area contributed by atoms with Crippen LogP contribution in [-0.2, 0) is 6.18 Å². The first-order chi connectivity index (χ1) is 13.3. The molecule has 3 rings (SSSR count). The van der Waals surface area contributed by atoms with Crippen molar-refractivity contribution >= 4 is 11.6 Å². The molecule has 6 nitrogen and oxygen atoms in total. The molecule has 0 radical (unpaired) electrons. The highest BCUT2D eigenvalue weighted by atomic mass is 19.4. The van der Waals surface area contributed by atoms with Gasteiger partial charge in [-0.25, -0.2) is 15.0 Å². The van der Waals surface area contributed by atoms with E-state index in [0.29, 0.717) is 30.5 Å². The molecular formula is C19H19F3N6. The van der Waals surface area contributed by atoms with E-state index in [9.17, 15) is 13.2 Å². The Kier molecular flexibility index (Phi) is 5.72. The van der Waals surface area contributed by atoms with Gasteiger partial charge in [-0.15, -0.1) is 0 Å². The molecule has 28 heavy (non-hydrogen) atoms. The molecule has 0 amide bonds. The van der Waals surface area contributed by atoms with Crippen LogP contribution in [0, 0.1) is 13.8 Å². The van der Waals surface area contributed by atoms with Gasteiger partial charge in [-0.2, -0.15) is 13.2 Å². The Morgan fingerprint density at radius 1 is 0.964 bits per heavy atom. The number of hydrogen-bond donors (Lipinski definition) is 2. The lowest BCUT2D eigenvalue weighted by atomic mass is 10.2. The van der Waals surface area contributed by atoms with Gasteiger partial charge in [0.1, 0.15) is 11.6 Å². The van der Waals surface area contributed by atoms with E-state index < -0.39 is 11.7 Å². The minimum absolute atomic E-state index is 0.376. The molecule has 0 unspecified atom stereocenters.